The molecule has 40 valence electrons. The molecule has 0 atom stereocenters. The molecule has 0 amide bonds. The molecular formula is H9FeNO3. The Kier molecular flexibility index (Phi) is 60000. The number of hydrogen-bond donors (Lipinski definition) is 1. The molecule has 0 unspecified atom stereocenters. The van der Waals surface area contributed by atoms with Crippen LogP contribution in [0.5, 0.6) is 0 Å². The van der Waals surface area contributed by atoms with Crippen LogP contribution in [0.15, 0.2) is 0 Å². The second-order valence-electron chi connectivity index (χ2n) is 0. The van der Waals surface area contributed by atoms with E-state index in [2.05, 4.69) is 0 Å². The van der Waals surface area contributed by atoms with Crippen molar-refractivity contribution in [3.63, 3.8) is 0 Å². The first-order valence-electron chi connectivity index (χ1n) is 0. The van der Waals surface area contributed by atoms with Crippen LogP contribution in [0.25, 0.3) is 0 Å². The fourth-order valence-electron chi connectivity index (χ4n) is 0. The molecule has 9 N–H and O–H groups in total. The normalized spacial score (nSPS) is 0. The SMILES string of the molecule is N.O.O.O.[Fe]. The first-order chi connectivity index (χ1) is 0. The molecule has 5 heteroatoms. The monoisotopic (exact) mass is 127 g/mol. The topological polar surface area (TPSA) is 130 Å². The van der Waals surface area contributed by atoms with Crippen molar-refractivity contribution in [2.24, 2.45) is 0 Å². The van der Waals surface area contributed by atoms with Crippen molar-refractivity contribution in [3.8, 4) is 0 Å². The molecule has 0 saturated carbocycles. The molecule has 4 nitrogen and oxygen atoms in total. The van der Waals surface area contributed by atoms with Gasteiger partial charge in [-0.1, -0.05) is 0 Å². The van der Waals surface area contributed by atoms with Crippen molar-refractivity contribution in [3.05, 3.63) is 0 Å². The van der Waals surface area contributed by atoms with Crippen LogP contribution in [0, 0.1) is 0 Å². The molecule has 0 saturated heterocycles. The Balaban J connectivity index is 0. The van der Waals surface area contributed by atoms with Gasteiger partial charge in [-0.2, -0.15) is 0 Å². The van der Waals surface area contributed by atoms with Gasteiger partial charge in [0.2, 0.25) is 0 Å². The minimum absolute atomic E-state index is 0. The van der Waals surface area contributed by atoms with E-state index in [1.165, 1.54) is 0 Å². The summed E-state index contributed by atoms with van der Waals surface area (Å²) in [5.41, 5.74) is 0. The van der Waals surface area contributed by atoms with Gasteiger partial charge >= 0.3 is 0 Å². The molecule has 0 aromatic heterocycles. The van der Waals surface area contributed by atoms with Gasteiger partial charge in [-0.3, -0.25) is 0 Å². The van der Waals surface area contributed by atoms with E-state index in [-0.39, 0.29) is 39.6 Å². The van der Waals surface area contributed by atoms with E-state index in [9.17, 15) is 0 Å². The van der Waals surface area contributed by atoms with Crippen molar-refractivity contribution < 1.29 is 33.5 Å². The van der Waals surface area contributed by atoms with Crippen LogP contribution in [0.4, 0.5) is 0 Å². The van der Waals surface area contributed by atoms with Crippen LogP contribution >= 0.6 is 0 Å². The summed E-state index contributed by atoms with van der Waals surface area (Å²) in [6.07, 6.45) is 0. The molecule has 0 spiro atoms. The van der Waals surface area contributed by atoms with Crippen molar-refractivity contribution in [1.82, 2.24) is 6.15 Å². The van der Waals surface area contributed by atoms with Crippen molar-refractivity contribution in [1.29, 1.82) is 0 Å². The molecular weight excluding hydrogens is 118 g/mol. The average Bonchev–Trinajstić information content (AvgIpc) is 0. The van der Waals surface area contributed by atoms with Gasteiger partial charge in [0.25, 0.3) is 0 Å². The molecule has 0 aromatic carbocycles. The molecule has 0 bridgehead atoms. The average molecular weight is 127 g/mol. The van der Waals surface area contributed by atoms with Gasteiger partial charge in [-0.15, -0.1) is 0 Å². The Morgan fingerprint density at radius 1 is 0.600 bits per heavy atom. The maximum Gasteiger partial charge on any atom is 0 e. The van der Waals surface area contributed by atoms with E-state index in [1.807, 2.05) is 0 Å². The van der Waals surface area contributed by atoms with Crippen LogP contribution in [0.2, 0.25) is 0 Å². The van der Waals surface area contributed by atoms with E-state index in [1.54, 1.807) is 0 Å². The maximum atomic E-state index is 0. The molecule has 0 aliphatic rings. The zero-order valence-electron chi connectivity index (χ0n) is 2.56. The largest absolute Gasteiger partial charge is 0.412 e. The van der Waals surface area contributed by atoms with Crippen LogP contribution in [0.3, 0.4) is 0 Å². The molecule has 5 heavy (non-hydrogen) atoms. The van der Waals surface area contributed by atoms with Crippen molar-refractivity contribution >= 4 is 0 Å². The summed E-state index contributed by atoms with van der Waals surface area (Å²) in [5.74, 6) is 0. The first-order valence-corrected chi connectivity index (χ1v) is 0. The standard InChI is InChI=1S/Fe.H3N.3H2O/h;1H3;3*1H2. The van der Waals surface area contributed by atoms with E-state index in [0.717, 1.165) is 0 Å². The molecule has 0 rings (SSSR count). The van der Waals surface area contributed by atoms with E-state index >= 15 is 0 Å². The van der Waals surface area contributed by atoms with Crippen molar-refractivity contribution in [2.75, 3.05) is 0 Å². The summed E-state index contributed by atoms with van der Waals surface area (Å²) in [6, 6.07) is 0. The maximum absolute atomic E-state index is 0. The summed E-state index contributed by atoms with van der Waals surface area (Å²) in [7, 11) is 0. The second-order valence-corrected chi connectivity index (χ2v) is 0. The predicted molar refractivity (Wildman–Crippen MR) is 15.9 cm³/mol. The molecule has 0 aromatic rings. The van der Waals surface area contributed by atoms with E-state index < -0.39 is 0 Å². The Morgan fingerprint density at radius 2 is 0.600 bits per heavy atom. The zero-order chi connectivity index (χ0) is 0. The third-order valence-electron chi connectivity index (χ3n) is 0. The van der Waals surface area contributed by atoms with Crippen LogP contribution in [-0.4, -0.2) is 16.4 Å². The quantitative estimate of drug-likeness (QED) is 0.360. The fourth-order valence-corrected chi connectivity index (χ4v) is 0. The Hall–Kier alpha value is 0.359. The van der Waals surface area contributed by atoms with Gasteiger partial charge in [0.05, 0.1) is 0 Å². The molecule has 0 aliphatic carbocycles. The van der Waals surface area contributed by atoms with Gasteiger partial charge in [-0.05, 0) is 0 Å². The van der Waals surface area contributed by atoms with Crippen molar-refractivity contribution in [2.45, 2.75) is 0 Å². The molecule has 0 aliphatic heterocycles. The fraction of sp³-hybridized carbons (Fsp3) is 0. The summed E-state index contributed by atoms with van der Waals surface area (Å²) in [6.45, 7) is 0. The minimum atomic E-state index is 0. The van der Waals surface area contributed by atoms with Gasteiger partial charge in [-0.25, -0.2) is 0 Å². The smallest absolute Gasteiger partial charge is 0 e. The summed E-state index contributed by atoms with van der Waals surface area (Å²) in [5, 5.41) is 0. The molecule has 0 radical (unpaired) electrons. The Morgan fingerprint density at radius 3 is 0.600 bits per heavy atom. The van der Waals surface area contributed by atoms with Crippen LogP contribution < -0.4 is 6.15 Å². The summed E-state index contributed by atoms with van der Waals surface area (Å²) < 4.78 is 0. The van der Waals surface area contributed by atoms with E-state index in [4.69, 9.17) is 0 Å². The molecule has 0 heterocycles. The van der Waals surface area contributed by atoms with E-state index in [0.29, 0.717) is 0 Å². The third kappa shape index (κ3) is 188. The Labute approximate surface area is 40.5 Å². The third-order valence-corrected chi connectivity index (χ3v) is 0. The zero-order valence-corrected chi connectivity index (χ0v) is 3.66. The number of rotatable bonds is 0. The first kappa shape index (κ1) is 788. The summed E-state index contributed by atoms with van der Waals surface area (Å²) >= 11 is 0. The van der Waals surface area contributed by atoms with Gasteiger partial charge in [0, 0.05) is 17.1 Å². The van der Waals surface area contributed by atoms with Crippen LogP contribution in [0.1, 0.15) is 0 Å². The van der Waals surface area contributed by atoms with Gasteiger partial charge in [0.15, 0.2) is 0 Å². The predicted octanol–water partition coefficient (Wildman–Crippen LogP) is -2.31. The van der Waals surface area contributed by atoms with Gasteiger partial charge in [0.1, 0.15) is 0 Å². The Bertz CT molecular complexity index is 6.85. The molecule has 0 fully saturated rings. The van der Waals surface area contributed by atoms with Gasteiger partial charge < -0.3 is 22.6 Å². The minimum Gasteiger partial charge on any atom is -0.412 e. The summed E-state index contributed by atoms with van der Waals surface area (Å²) in [4.78, 5) is 0. The van der Waals surface area contributed by atoms with Crippen LogP contribution in [-0.2, 0) is 17.1 Å². The second kappa shape index (κ2) is 381. The number of hydrogen-bond acceptors (Lipinski definition) is 1.